The van der Waals surface area contributed by atoms with Gasteiger partial charge < -0.3 is 0 Å². The van der Waals surface area contributed by atoms with Gasteiger partial charge in [-0.05, 0) is 13.3 Å². The Hall–Kier alpha value is -1.41. The molecule has 0 aliphatic heterocycles. The van der Waals surface area contributed by atoms with Crippen molar-refractivity contribution in [3.05, 3.63) is 46.9 Å². The van der Waals surface area contributed by atoms with E-state index in [9.17, 15) is 0 Å². The Bertz CT molecular complexity index is 538. The van der Waals surface area contributed by atoms with Gasteiger partial charge in [-0.1, -0.05) is 55.8 Å². The standard InChI is InChI=1S/C15H17ClN2/c1-4-10(2)15-17-13(11(3)14(16)18-15)12-8-6-5-7-9-12/h5-10H,4H2,1-3H3. The minimum Gasteiger partial charge on any atom is -0.232 e. The number of hydrogen-bond donors (Lipinski definition) is 0. The minimum absolute atomic E-state index is 0.325. The lowest BCUT2D eigenvalue weighted by molar-refractivity contribution is 0.678. The van der Waals surface area contributed by atoms with E-state index >= 15 is 0 Å². The van der Waals surface area contributed by atoms with Crippen molar-refractivity contribution in [3.63, 3.8) is 0 Å². The highest BCUT2D eigenvalue weighted by Gasteiger charge is 2.14. The van der Waals surface area contributed by atoms with Crippen LogP contribution in [0, 0.1) is 6.92 Å². The highest BCUT2D eigenvalue weighted by atomic mass is 35.5. The fourth-order valence-corrected chi connectivity index (χ4v) is 1.96. The van der Waals surface area contributed by atoms with Crippen LogP contribution in [0.3, 0.4) is 0 Å². The van der Waals surface area contributed by atoms with E-state index in [0.717, 1.165) is 29.1 Å². The van der Waals surface area contributed by atoms with Crippen LogP contribution in [-0.4, -0.2) is 9.97 Å². The molecular formula is C15H17ClN2. The lowest BCUT2D eigenvalue weighted by Gasteiger charge is -2.12. The van der Waals surface area contributed by atoms with Gasteiger partial charge in [0.2, 0.25) is 0 Å². The molecule has 0 saturated heterocycles. The molecule has 0 amide bonds. The zero-order chi connectivity index (χ0) is 13.1. The van der Waals surface area contributed by atoms with E-state index in [0.29, 0.717) is 11.1 Å². The first-order valence-corrected chi connectivity index (χ1v) is 6.60. The lowest BCUT2D eigenvalue weighted by atomic mass is 10.1. The molecule has 1 heterocycles. The molecule has 0 radical (unpaired) electrons. The Labute approximate surface area is 113 Å². The number of halogens is 1. The van der Waals surface area contributed by atoms with Crippen LogP contribution in [0.5, 0.6) is 0 Å². The SMILES string of the molecule is CCC(C)c1nc(Cl)c(C)c(-c2ccccc2)n1. The summed E-state index contributed by atoms with van der Waals surface area (Å²) in [4.78, 5) is 9.06. The third-order valence-corrected chi connectivity index (χ3v) is 3.57. The quantitative estimate of drug-likeness (QED) is 0.753. The Balaban J connectivity index is 2.56. The van der Waals surface area contributed by atoms with E-state index < -0.39 is 0 Å². The van der Waals surface area contributed by atoms with Gasteiger partial charge in [-0.25, -0.2) is 9.97 Å². The largest absolute Gasteiger partial charge is 0.232 e. The summed E-state index contributed by atoms with van der Waals surface area (Å²) < 4.78 is 0. The molecule has 1 atom stereocenters. The van der Waals surface area contributed by atoms with Crippen molar-refractivity contribution in [2.24, 2.45) is 0 Å². The summed E-state index contributed by atoms with van der Waals surface area (Å²) in [6.07, 6.45) is 1.01. The second-order valence-electron chi connectivity index (χ2n) is 4.52. The fourth-order valence-electron chi connectivity index (χ4n) is 1.79. The van der Waals surface area contributed by atoms with Gasteiger partial charge in [0.05, 0.1) is 5.69 Å². The van der Waals surface area contributed by atoms with Crippen LogP contribution >= 0.6 is 11.6 Å². The zero-order valence-electron chi connectivity index (χ0n) is 10.9. The zero-order valence-corrected chi connectivity index (χ0v) is 11.7. The molecule has 2 rings (SSSR count). The van der Waals surface area contributed by atoms with Gasteiger partial charge in [0.25, 0.3) is 0 Å². The van der Waals surface area contributed by atoms with E-state index in [1.165, 1.54) is 0 Å². The highest BCUT2D eigenvalue weighted by Crippen LogP contribution is 2.28. The summed E-state index contributed by atoms with van der Waals surface area (Å²) in [5.41, 5.74) is 2.96. The van der Waals surface area contributed by atoms with Crippen LogP contribution in [0.15, 0.2) is 30.3 Å². The van der Waals surface area contributed by atoms with Gasteiger partial charge in [0.1, 0.15) is 11.0 Å². The summed E-state index contributed by atoms with van der Waals surface area (Å²) in [6.45, 7) is 6.21. The van der Waals surface area contributed by atoms with Crippen molar-refractivity contribution >= 4 is 11.6 Å². The molecule has 0 saturated carbocycles. The van der Waals surface area contributed by atoms with Crippen LogP contribution in [0.4, 0.5) is 0 Å². The number of nitrogens with zero attached hydrogens (tertiary/aromatic N) is 2. The highest BCUT2D eigenvalue weighted by molar-refractivity contribution is 6.30. The molecule has 3 heteroatoms. The Kier molecular flexibility index (Phi) is 3.97. The van der Waals surface area contributed by atoms with Crippen molar-refractivity contribution in [1.29, 1.82) is 0 Å². The molecule has 18 heavy (non-hydrogen) atoms. The number of benzene rings is 1. The molecule has 0 aliphatic rings. The van der Waals surface area contributed by atoms with Crippen LogP contribution in [0.1, 0.15) is 37.6 Å². The first-order valence-electron chi connectivity index (χ1n) is 6.23. The van der Waals surface area contributed by atoms with E-state index in [1.807, 2.05) is 37.3 Å². The van der Waals surface area contributed by atoms with Crippen molar-refractivity contribution in [1.82, 2.24) is 9.97 Å². The number of aromatic nitrogens is 2. The van der Waals surface area contributed by atoms with Gasteiger partial charge in [0, 0.05) is 17.0 Å². The van der Waals surface area contributed by atoms with Gasteiger partial charge in [-0.2, -0.15) is 0 Å². The van der Waals surface area contributed by atoms with E-state index in [2.05, 4.69) is 23.8 Å². The van der Waals surface area contributed by atoms with Crippen molar-refractivity contribution in [2.45, 2.75) is 33.1 Å². The predicted molar refractivity (Wildman–Crippen MR) is 75.9 cm³/mol. The Morgan fingerprint density at radius 1 is 1.17 bits per heavy atom. The molecule has 2 nitrogen and oxygen atoms in total. The molecule has 0 spiro atoms. The van der Waals surface area contributed by atoms with Gasteiger partial charge in [-0.15, -0.1) is 0 Å². The summed E-state index contributed by atoms with van der Waals surface area (Å²) in [5.74, 6) is 1.15. The monoisotopic (exact) mass is 260 g/mol. The summed E-state index contributed by atoms with van der Waals surface area (Å²) >= 11 is 6.22. The number of rotatable bonds is 3. The second kappa shape index (κ2) is 5.49. The normalized spacial score (nSPS) is 12.4. The maximum absolute atomic E-state index is 6.22. The average molecular weight is 261 g/mol. The molecule has 0 aliphatic carbocycles. The van der Waals surface area contributed by atoms with Crippen molar-refractivity contribution in [3.8, 4) is 11.3 Å². The Morgan fingerprint density at radius 3 is 2.44 bits per heavy atom. The van der Waals surface area contributed by atoms with Gasteiger partial charge in [-0.3, -0.25) is 0 Å². The maximum Gasteiger partial charge on any atom is 0.136 e. The number of hydrogen-bond acceptors (Lipinski definition) is 2. The van der Waals surface area contributed by atoms with Gasteiger partial charge >= 0.3 is 0 Å². The van der Waals surface area contributed by atoms with Crippen molar-refractivity contribution in [2.75, 3.05) is 0 Å². The molecule has 1 unspecified atom stereocenters. The van der Waals surface area contributed by atoms with E-state index in [-0.39, 0.29) is 0 Å². The average Bonchev–Trinajstić information content (AvgIpc) is 2.41. The smallest absolute Gasteiger partial charge is 0.136 e. The molecule has 2 aromatic rings. The molecule has 94 valence electrons. The van der Waals surface area contributed by atoms with Crippen LogP contribution in [-0.2, 0) is 0 Å². The Morgan fingerprint density at radius 2 is 1.83 bits per heavy atom. The first kappa shape index (κ1) is 13.0. The van der Waals surface area contributed by atoms with Crippen LogP contribution in [0.2, 0.25) is 5.15 Å². The lowest BCUT2D eigenvalue weighted by Crippen LogP contribution is -2.04. The van der Waals surface area contributed by atoms with Gasteiger partial charge in [0.15, 0.2) is 0 Å². The van der Waals surface area contributed by atoms with Crippen LogP contribution in [0.25, 0.3) is 11.3 Å². The third kappa shape index (κ3) is 2.54. The molecule has 0 N–H and O–H groups in total. The summed E-state index contributed by atoms with van der Waals surface area (Å²) in [7, 11) is 0. The molecule has 1 aromatic carbocycles. The third-order valence-electron chi connectivity index (χ3n) is 3.20. The van der Waals surface area contributed by atoms with E-state index in [4.69, 9.17) is 11.6 Å². The molecule has 0 bridgehead atoms. The summed E-state index contributed by atoms with van der Waals surface area (Å²) in [5, 5.41) is 0.555. The minimum atomic E-state index is 0.325. The van der Waals surface area contributed by atoms with Crippen molar-refractivity contribution < 1.29 is 0 Å². The molecule has 0 fully saturated rings. The van der Waals surface area contributed by atoms with E-state index in [1.54, 1.807) is 0 Å². The first-order chi connectivity index (χ1) is 8.63. The topological polar surface area (TPSA) is 25.8 Å². The molecular weight excluding hydrogens is 244 g/mol. The predicted octanol–water partition coefficient (Wildman–Crippen LogP) is 4.62. The second-order valence-corrected chi connectivity index (χ2v) is 4.88. The summed E-state index contributed by atoms with van der Waals surface area (Å²) in [6, 6.07) is 10.1. The maximum atomic E-state index is 6.22. The molecule has 1 aromatic heterocycles. The van der Waals surface area contributed by atoms with Crippen LogP contribution < -0.4 is 0 Å². The fraction of sp³-hybridized carbons (Fsp3) is 0.333.